The third kappa shape index (κ3) is 6.16. The Hall–Kier alpha value is -0.0800. The molecular formula is C13H27NO. The third-order valence-electron chi connectivity index (χ3n) is 3.13. The second-order valence-corrected chi connectivity index (χ2v) is 6.11. The molecule has 1 aliphatic heterocycles. The van der Waals surface area contributed by atoms with Crippen LogP contribution in [0.25, 0.3) is 0 Å². The highest BCUT2D eigenvalue weighted by Gasteiger charge is 2.16. The van der Waals surface area contributed by atoms with Gasteiger partial charge in [-0.15, -0.1) is 0 Å². The van der Waals surface area contributed by atoms with E-state index in [4.69, 9.17) is 0 Å². The van der Waals surface area contributed by atoms with Crippen LogP contribution in [0.5, 0.6) is 0 Å². The molecule has 0 bridgehead atoms. The summed E-state index contributed by atoms with van der Waals surface area (Å²) in [6.07, 6.45) is 5.85. The van der Waals surface area contributed by atoms with Crippen molar-refractivity contribution < 1.29 is 5.11 Å². The van der Waals surface area contributed by atoms with Gasteiger partial charge in [-0.25, -0.2) is 0 Å². The van der Waals surface area contributed by atoms with Crippen molar-refractivity contribution in [2.75, 3.05) is 19.6 Å². The molecule has 1 fully saturated rings. The number of nitrogens with zero attached hydrogens (tertiary/aromatic N) is 1. The van der Waals surface area contributed by atoms with Crippen molar-refractivity contribution in [3.63, 3.8) is 0 Å². The first kappa shape index (κ1) is 13.0. The van der Waals surface area contributed by atoms with Gasteiger partial charge >= 0.3 is 0 Å². The highest BCUT2D eigenvalue weighted by molar-refractivity contribution is 4.71. The van der Waals surface area contributed by atoms with Crippen molar-refractivity contribution in [1.29, 1.82) is 0 Å². The lowest BCUT2D eigenvalue weighted by Gasteiger charge is -2.21. The van der Waals surface area contributed by atoms with Gasteiger partial charge in [0.25, 0.3) is 0 Å². The molecule has 15 heavy (non-hydrogen) atoms. The van der Waals surface area contributed by atoms with E-state index in [0.717, 1.165) is 19.4 Å². The number of rotatable bonds is 5. The van der Waals surface area contributed by atoms with Crippen LogP contribution in [-0.2, 0) is 0 Å². The van der Waals surface area contributed by atoms with E-state index in [9.17, 15) is 5.11 Å². The van der Waals surface area contributed by atoms with Crippen molar-refractivity contribution in [1.82, 2.24) is 4.90 Å². The molecule has 1 heterocycles. The number of hydrogen-bond acceptors (Lipinski definition) is 2. The maximum Gasteiger partial charge on any atom is 0.0667 e. The van der Waals surface area contributed by atoms with Crippen molar-refractivity contribution in [3.05, 3.63) is 0 Å². The number of aliphatic hydroxyl groups is 1. The highest BCUT2D eigenvalue weighted by atomic mass is 16.3. The number of likely N-dealkylation sites (tertiary alicyclic amines) is 1. The normalized spacial score (nSPS) is 20.8. The van der Waals surface area contributed by atoms with E-state index in [1.165, 1.54) is 32.4 Å². The molecule has 2 nitrogen and oxygen atoms in total. The van der Waals surface area contributed by atoms with Gasteiger partial charge in [0.2, 0.25) is 0 Å². The maximum absolute atomic E-state index is 9.86. The molecule has 1 atom stereocenters. The van der Waals surface area contributed by atoms with Gasteiger partial charge in [0, 0.05) is 6.54 Å². The minimum Gasteiger partial charge on any atom is -0.392 e. The Morgan fingerprint density at radius 2 is 1.80 bits per heavy atom. The molecule has 1 N–H and O–H groups in total. The zero-order valence-corrected chi connectivity index (χ0v) is 10.6. The molecule has 1 saturated heterocycles. The minimum atomic E-state index is -0.106. The Balaban J connectivity index is 2.05. The molecule has 0 spiro atoms. The predicted octanol–water partition coefficient (Wildman–Crippen LogP) is 2.66. The number of aliphatic hydroxyl groups excluding tert-OH is 1. The summed E-state index contributed by atoms with van der Waals surface area (Å²) in [5.74, 6) is 0. The van der Waals surface area contributed by atoms with Gasteiger partial charge in [0.1, 0.15) is 0 Å². The van der Waals surface area contributed by atoms with Crippen LogP contribution in [0, 0.1) is 5.41 Å². The smallest absolute Gasteiger partial charge is 0.0667 e. The summed E-state index contributed by atoms with van der Waals surface area (Å²) in [7, 11) is 0. The van der Waals surface area contributed by atoms with Crippen LogP contribution >= 0.6 is 0 Å². The molecule has 0 aromatic rings. The fourth-order valence-corrected chi connectivity index (χ4v) is 2.22. The fourth-order valence-electron chi connectivity index (χ4n) is 2.22. The van der Waals surface area contributed by atoms with Crippen molar-refractivity contribution in [2.24, 2.45) is 5.41 Å². The van der Waals surface area contributed by atoms with Crippen molar-refractivity contribution in [2.45, 2.75) is 59.0 Å². The Labute approximate surface area is 94.7 Å². The van der Waals surface area contributed by atoms with E-state index < -0.39 is 0 Å². The zero-order chi connectivity index (χ0) is 11.3. The minimum absolute atomic E-state index is 0.106. The van der Waals surface area contributed by atoms with E-state index in [-0.39, 0.29) is 6.10 Å². The van der Waals surface area contributed by atoms with E-state index >= 15 is 0 Å². The molecule has 1 aliphatic rings. The number of β-amino-alcohol motifs (C(OH)–C–C–N with tert-alkyl or cyclic N) is 1. The SMILES string of the molecule is CC(C)(C)CCC[C@H](O)CN1CCCC1. The molecule has 2 heteroatoms. The first-order chi connectivity index (χ1) is 6.97. The molecule has 0 unspecified atom stereocenters. The first-order valence-corrected chi connectivity index (χ1v) is 6.38. The van der Waals surface area contributed by atoms with Crippen LogP contribution < -0.4 is 0 Å². The summed E-state index contributed by atoms with van der Waals surface area (Å²) in [4.78, 5) is 2.39. The van der Waals surface area contributed by atoms with Gasteiger partial charge in [-0.1, -0.05) is 27.2 Å². The van der Waals surface area contributed by atoms with Crippen molar-refractivity contribution >= 4 is 0 Å². The van der Waals surface area contributed by atoms with Gasteiger partial charge in [-0.05, 0) is 44.2 Å². The molecule has 0 saturated carbocycles. The Morgan fingerprint density at radius 3 is 2.33 bits per heavy atom. The lowest BCUT2D eigenvalue weighted by atomic mass is 9.89. The topological polar surface area (TPSA) is 23.5 Å². The molecule has 0 aliphatic carbocycles. The Morgan fingerprint density at radius 1 is 1.20 bits per heavy atom. The molecule has 90 valence electrons. The largest absolute Gasteiger partial charge is 0.392 e. The van der Waals surface area contributed by atoms with Crippen LogP contribution in [0.4, 0.5) is 0 Å². The van der Waals surface area contributed by atoms with Gasteiger partial charge in [0.15, 0.2) is 0 Å². The third-order valence-corrected chi connectivity index (χ3v) is 3.13. The van der Waals surface area contributed by atoms with Crippen LogP contribution in [0.2, 0.25) is 0 Å². The summed E-state index contributed by atoms with van der Waals surface area (Å²) in [5, 5.41) is 9.86. The molecular weight excluding hydrogens is 186 g/mol. The highest BCUT2D eigenvalue weighted by Crippen LogP contribution is 2.22. The maximum atomic E-state index is 9.86. The van der Waals surface area contributed by atoms with Crippen molar-refractivity contribution in [3.8, 4) is 0 Å². The van der Waals surface area contributed by atoms with Gasteiger partial charge < -0.3 is 10.0 Å². The summed E-state index contributed by atoms with van der Waals surface area (Å²) in [5.41, 5.74) is 0.410. The van der Waals surface area contributed by atoms with Crippen LogP contribution in [0.1, 0.15) is 52.9 Å². The Kier molecular flexibility index (Phi) is 5.07. The van der Waals surface area contributed by atoms with E-state index in [2.05, 4.69) is 25.7 Å². The molecule has 0 aromatic heterocycles. The van der Waals surface area contributed by atoms with Gasteiger partial charge in [0.05, 0.1) is 6.10 Å². The molecule has 1 rings (SSSR count). The van der Waals surface area contributed by atoms with E-state index in [1.54, 1.807) is 0 Å². The molecule has 0 aromatic carbocycles. The van der Waals surface area contributed by atoms with Crippen LogP contribution in [0.15, 0.2) is 0 Å². The summed E-state index contributed by atoms with van der Waals surface area (Å²) >= 11 is 0. The number of hydrogen-bond donors (Lipinski definition) is 1. The van der Waals surface area contributed by atoms with E-state index in [0.29, 0.717) is 5.41 Å². The average molecular weight is 213 g/mol. The monoisotopic (exact) mass is 213 g/mol. The second kappa shape index (κ2) is 5.86. The zero-order valence-electron chi connectivity index (χ0n) is 10.6. The summed E-state index contributed by atoms with van der Waals surface area (Å²) < 4.78 is 0. The van der Waals surface area contributed by atoms with Gasteiger partial charge in [-0.3, -0.25) is 0 Å². The molecule has 0 radical (unpaired) electrons. The predicted molar refractivity (Wildman–Crippen MR) is 65.0 cm³/mol. The Bertz CT molecular complexity index is 168. The average Bonchev–Trinajstić information content (AvgIpc) is 2.54. The lowest BCUT2D eigenvalue weighted by Crippen LogP contribution is -2.30. The van der Waals surface area contributed by atoms with Gasteiger partial charge in [-0.2, -0.15) is 0 Å². The second-order valence-electron chi connectivity index (χ2n) is 6.11. The summed E-state index contributed by atoms with van der Waals surface area (Å²) in [6, 6.07) is 0. The van der Waals surface area contributed by atoms with Crippen LogP contribution in [0.3, 0.4) is 0 Å². The summed E-state index contributed by atoms with van der Waals surface area (Å²) in [6.45, 7) is 10.1. The standard InChI is InChI=1S/C13H27NO/c1-13(2,3)8-6-7-12(15)11-14-9-4-5-10-14/h12,15H,4-11H2,1-3H3/t12-/m0/s1. The first-order valence-electron chi connectivity index (χ1n) is 6.38. The van der Waals surface area contributed by atoms with E-state index in [1.807, 2.05) is 0 Å². The molecule has 0 amide bonds. The lowest BCUT2D eigenvalue weighted by molar-refractivity contribution is 0.111. The fraction of sp³-hybridized carbons (Fsp3) is 1.00. The van der Waals surface area contributed by atoms with Crippen LogP contribution in [-0.4, -0.2) is 35.7 Å². The quantitative estimate of drug-likeness (QED) is 0.759.